The van der Waals surface area contributed by atoms with Crippen LogP contribution < -0.4 is 15.3 Å². The lowest BCUT2D eigenvalue weighted by atomic mass is 10.1. The molecule has 1 amide bonds. The van der Waals surface area contributed by atoms with Crippen molar-refractivity contribution >= 4 is 43.8 Å². The van der Waals surface area contributed by atoms with Crippen LogP contribution in [0.2, 0.25) is 0 Å². The van der Waals surface area contributed by atoms with Crippen LogP contribution in [0, 0.1) is 5.82 Å². The number of fused-ring (bicyclic) bond motifs is 1. The Morgan fingerprint density at radius 1 is 1.08 bits per heavy atom. The Morgan fingerprint density at radius 3 is 2.11 bits per heavy atom. The van der Waals surface area contributed by atoms with E-state index in [2.05, 4.69) is 4.74 Å². The molecule has 18 heteroatoms. The number of nitrogens with zero attached hydrogens (tertiary/aromatic N) is 4. The predicted molar refractivity (Wildman–Crippen MR) is 128 cm³/mol. The highest BCUT2D eigenvalue weighted by atomic mass is 31.2. The summed E-state index contributed by atoms with van der Waals surface area (Å²) in [5.41, 5.74) is -2.10. The summed E-state index contributed by atoms with van der Waals surface area (Å²) < 4.78 is 44.0. The average molecular weight is 566 g/mol. The maximum absolute atomic E-state index is 15.1. The van der Waals surface area contributed by atoms with E-state index in [0.717, 1.165) is 17.8 Å². The molecule has 1 aliphatic heterocycles. The molecule has 0 spiro atoms. The van der Waals surface area contributed by atoms with E-state index in [9.17, 15) is 48.2 Å². The minimum atomic E-state index is -5.76. The molecule has 0 saturated carbocycles. The molecule has 2 heterocycles. The first-order valence-electron chi connectivity index (χ1n) is 10.5. The van der Waals surface area contributed by atoms with Crippen LogP contribution >= 0.6 is 15.2 Å². The Balaban J connectivity index is 2.20. The fourth-order valence-electron chi connectivity index (χ4n) is 3.62. The Hall–Kier alpha value is -2.84. The third kappa shape index (κ3) is 5.27. The number of carbonyl (C=O) groups excluding carboxylic acids is 1. The van der Waals surface area contributed by atoms with Crippen molar-refractivity contribution in [1.29, 1.82) is 0 Å². The van der Waals surface area contributed by atoms with Crippen molar-refractivity contribution in [2.45, 2.75) is 12.0 Å². The Morgan fingerprint density at radius 2 is 1.62 bits per heavy atom. The number of aromatic carboxylic acids is 1. The first kappa shape index (κ1) is 28.7. The predicted octanol–water partition coefficient (Wildman–Crippen LogP) is 0.324. The fraction of sp³-hybridized carbons (Fsp3) is 0.421. The van der Waals surface area contributed by atoms with Crippen molar-refractivity contribution in [3.8, 4) is 0 Å². The standard InChI is InChI=1S/C19H25FN4O11P2/c1-19(36(29,30)31,37(32,33)34)35-18(28)22(3)24-10-12(17(26)27)16(25)11-8-13(20)15(9-14(11)24)23-6-4-21(2)5-7-23/h8-10H,4-7H2,1-3H3,(H,26,27)(H2,29,30,31)(H2,32,33,34). The smallest absolute Gasteiger partial charge is 0.430 e. The van der Waals surface area contributed by atoms with E-state index in [-0.39, 0.29) is 11.2 Å². The van der Waals surface area contributed by atoms with Gasteiger partial charge in [0, 0.05) is 39.4 Å². The molecular weight excluding hydrogens is 541 g/mol. The van der Waals surface area contributed by atoms with Gasteiger partial charge in [0.25, 0.3) is 0 Å². The molecule has 204 valence electrons. The number of anilines is 1. The lowest BCUT2D eigenvalue weighted by Gasteiger charge is -2.35. The summed E-state index contributed by atoms with van der Waals surface area (Å²) >= 11 is 0. The van der Waals surface area contributed by atoms with E-state index in [1.807, 2.05) is 11.9 Å². The van der Waals surface area contributed by atoms with Crippen LogP contribution in [0.4, 0.5) is 14.9 Å². The van der Waals surface area contributed by atoms with Crippen LogP contribution in [0.1, 0.15) is 17.3 Å². The van der Waals surface area contributed by atoms with Gasteiger partial charge in [-0.3, -0.25) is 18.6 Å². The van der Waals surface area contributed by atoms with Gasteiger partial charge >= 0.3 is 32.3 Å². The number of pyridine rings is 1. The number of amides is 1. The molecule has 1 fully saturated rings. The second kappa shape index (κ2) is 9.80. The molecule has 1 aliphatic rings. The van der Waals surface area contributed by atoms with Crippen LogP contribution in [0.5, 0.6) is 0 Å². The molecule has 0 bridgehead atoms. The lowest BCUT2D eigenvalue weighted by molar-refractivity contribution is 0.0694. The third-order valence-corrected chi connectivity index (χ3v) is 9.98. The van der Waals surface area contributed by atoms with Crippen LogP contribution in [0.15, 0.2) is 23.1 Å². The molecule has 0 aliphatic carbocycles. The number of carbonyl (C=O) groups is 2. The third-order valence-electron chi connectivity index (χ3n) is 6.08. The zero-order valence-corrected chi connectivity index (χ0v) is 21.6. The van der Waals surface area contributed by atoms with Gasteiger partial charge in [-0.25, -0.2) is 19.0 Å². The number of rotatable bonds is 6. The fourth-order valence-corrected chi connectivity index (χ4v) is 5.37. The maximum Gasteiger partial charge on any atom is 0.430 e. The number of carboxylic acids is 1. The second-order valence-corrected chi connectivity index (χ2v) is 12.8. The summed E-state index contributed by atoms with van der Waals surface area (Å²) in [6.45, 7) is 2.36. The van der Waals surface area contributed by atoms with Crippen LogP contribution in [0.3, 0.4) is 0 Å². The number of halogens is 1. The second-order valence-electron chi connectivity index (χ2n) is 8.55. The van der Waals surface area contributed by atoms with Gasteiger partial charge in [0.1, 0.15) is 11.4 Å². The Kier molecular flexibility index (Phi) is 7.61. The molecule has 1 aromatic heterocycles. The minimum absolute atomic E-state index is 0.0360. The van der Waals surface area contributed by atoms with E-state index in [1.54, 1.807) is 4.90 Å². The summed E-state index contributed by atoms with van der Waals surface area (Å²) in [4.78, 5) is 78.9. The number of hydrogen-bond acceptors (Lipinski definition) is 8. The van der Waals surface area contributed by atoms with Gasteiger partial charge in [-0.1, -0.05) is 0 Å². The molecule has 0 unspecified atom stereocenters. The van der Waals surface area contributed by atoms with Crippen molar-refractivity contribution in [3.63, 3.8) is 0 Å². The zero-order valence-electron chi connectivity index (χ0n) is 19.8. The number of ether oxygens (including phenoxy) is 1. The van der Waals surface area contributed by atoms with Crippen molar-refractivity contribution in [1.82, 2.24) is 9.58 Å². The molecule has 15 nitrogen and oxygen atoms in total. The maximum atomic E-state index is 15.1. The number of aromatic nitrogens is 1. The zero-order chi connectivity index (χ0) is 28.1. The number of benzene rings is 1. The van der Waals surface area contributed by atoms with E-state index in [1.165, 1.54) is 6.07 Å². The SMILES string of the molecule is CN1CCN(c2cc3c(cc2F)c(=O)c(C(=O)O)cn3N(C)C(=O)OC(C)(P(=O)(O)O)P(=O)(O)O)CC1. The Labute approximate surface area is 208 Å². The average Bonchev–Trinajstić information content (AvgIpc) is 2.77. The van der Waals surface area contributed by atoms with Gasteiger partial charge in [-0.05, 0) is 26.1 Å². The molecule has 0 radical (unpaired) electrons. The van der Waals surface area contributed by atoms with Gasteiger partial charge in [0.15, 0.2) is 0 Å². The molecule has 2 aromatic rings. The number of hydrogen-bond donors (Lipinski definition) is 5. The first-order chi connectivity index (χ1) is 16.9. The van der Waals surface area contributed by atoms with E-state index >= 15 is 4.39 Å². The molecule has 37 heavy (non-hydrogen) atoms. The van der Waals surface area contributed by atoms with Crippen molar-refractivity contribution in [2.75, 3.05) is 50.2 Å². The van der Waals surface area contributed by atoms with Gasteiger partial charge in [-0.15, -0.1) is 0 Å². The number of carboxylic acid groups (broad SMARTS) is 1. The highest BCUT2D eigenvalue weighted by Gasteiger charge is 2.60. The summed E-state index contributed by atoms with van der Waals surface area (Å²) in [6.07, 6.45) is -1.02. The highest BCUT2D eigenvalue weighted by Crippen LogP contribution is 2.69. The van der Waals surface area contributed by atoms with E-state index < -0.39 is 54.5 Å². The summed E-state index contributed by atoms with van der Waals surface area (Å²) in [7, 11) is -8.72. The van der Waals surface area contributed by atoms with Crippen LogP contribution in [-0.2, 0) is 13.9 Å². The monoisotopic (exact) mass is 566 g/mol. The van der Waals surface area contributed by atoms with Gasteiger partial charge < -0.3 is 39.2 Å². The first-order valence-corrected chi connectivity index (χ1v) is 13.8. The van der Waals surface area contributed by atoms with E-state index in [4.69, 9.17) is 0 Å². The van der Waals surface area contributed by atoms with Crippen LogP contribution in [-0.4, -0.2) is 91.7 Å². The number of likely N-dealkylation sites (N-methyl/N-ethyl adjacent to an activating group) is 1. The summed E-state index contributed by atoms with van der Waals surface area (Å²) in [5, 5.41) is 5.88. The molecule has 1 aromatic carbocycles. The lowest BCUT2D eigenvalue weighted by Crippen LogP contribution is -2.45. The molecule has 1 saturated heterocycles. The summed E-state index contributed by atoms with van der Waals surface area (Å²) in [5.74, 6) is -2.55. The van der Waals surface area contributed by atoms with Crippen molar-refractivity contribution in [3.05, 3.63) is 39.9 Å². The Bertz CT molecular complexity index is 1390. The minimum Gasteiger partial charge on any atom is -0.477 e. The van der Waals surface area contributed by atoms with Crippen LogP contribution in [0.25, 0.3) is 10.9 Å². The quantitative estimate of drug-likeness (QED) is 0.299. The summed E-state index contributed by atoms with van der Waals surface area (Å²) in [6, 6.07) is 2.00. The highest BCUT2D eigenvalue weighted by molar-refractivity contribution is 7.72. The van der Waals surface area contributed by atoms with Gasteiger partial charge in [0.2, 0.25) is 5.43 Å². The molecular formula is C19H25FN4O11P2. The largest absolute Gasteiger partial charge is 0.477 e. The topological polar surface area (TPSA) is 210 Å². The molecule has 3 rings (SSSR count). The molecule has 0 atom stereocenters. The van der Waals surface area contributed by atoms with E-state index in [0.29, 0.717) is 44.3 Å². The van der Waals surface area contributed by atoms with Crippen molar-refractivity contribution < 1.29 is 52.5 Å². The normalized spacial score (nSPS) is 15.6. The number of piperazine rings is 1. The van der Waals surface area contributed by atoms with Gasteiger partial charge in [-0.2, -0.15) is 0 Å². The van der Waals surface area contributed by atoms with Gasteiger partial charge in [0.05, 0.1) is 16.6 Å². The molecule has 5 N–H and O–H groups in total. The van der Waals surface area contributed by atoms with Crippen molar-refractivity contribution in [2.24, 2.45) is 0 Å².